The minimum Gasteiger partial charge on any atom is -0.309 e. The SMILES string of the molecule is CNC(c1cc2c(s1)CCSC2)c1cc(Br)sc1C. The maximum absolute atomic E-state index is 3.60. The highest BCUT2D eigenvalue weighted by Gasteiger charge is 2.22. The molecule has 0 saturated heterocycles. The average Bonchev–Trinajstić information content (AvgIpc) is 2.94. The zero-order valence-electron chi connectivity index (χ0n) is 11.0. The Morgan fingerprint density at radius 3 is 2.79 bits per heavy atom. The summed E-state index contributed by atoms with van der Waals surface area (Å²) in [4.78, 5) is 4.45. The summed E-state index contributed by atoms with van der Waals surface area (Å²) in [7, 11) is 2.06. The summed E-state index contributed by atoms with van der Waals surface area (Å²) in [5.41, 5.74) is 2.97. The molecule has 0 bridgehead atoms. The Balaban J connectivity index is 1.98. The molecule has 19 heavy (non-hydrogen) atoms. The molecule has 0 saturated carbocycles. The molecule has 3 rings (SSSR count). The Kier molecular flexibility index (Phi) is 4.39. The summed E-state index contributed by atoms with van der Waals surface area (Å²) >= 11 is 9.47. The molecular weight excluding hydrogens is 358 g/mol. The normalized spacial score (nSPS) is 16.4. The van der Waals surface area contributed by atoms with E-state index in [2.05, 4.69) is 59.1 Å². The smallest absolute Gasteiger partial charge is 0.0704 e. The minimum absolute atomic E-state index is 0.336. The topological polar surface area (TPSA) is 12.0 Å². The number of fused-ring (bicyclic) bond motifs is 1. The second-order valence-corrected chi connectivity index (χ2v) is 9.59. The lowest BCUT2D eigenvalue weighted by atomic mass is 10.1. The van der Waals surface area contributed by atoms with Crippen molar-refractivity contribution >= 4 is 50.4 Å². The molecule has 1 aliphatic heterocycles. The highest BCUT2D eigenvalue weighted by molar-refractivity contribution is 9.11. The Hall–Kier alpha value is 0.190. The molecule has 0 aliphatic carbocycles. The summed E-state index contributed by atoms with van der Waals surface area (Å²) < 4.78 is 1.22. The number of halogens is 1. The quantitative estimate of drug-likeness (QED) is 0.813. The number of aryl methyl sites for hydroxylation is 2. The molecule has 0 radical (unpaired) electrons. The van der Waals surface area contributed by atoms with Gasteiger partial charge in [0, 0.05) is 20.4 Å². The van der Waals surface area contributed by atoms with Gasteiger partial charge in [0.25, 0.3) is 0 Å². The molecule has 0 aromatic carbocycles. The summed E-state index contributed by atoms with van der Waals surface area (Å²) in [6, 6.07) is 5.01. The van der Waals surface area contributed by atoms with E-state index < -0.39 is 0 Å². The third kappa shape index (κ3) is 2.81. The van der Waals surface area contributed by atoms with Crippen LogP contribution in [0.25, 0.3) is 0 Å². The maximum Gasteiger partial charge on any atom is 0.0704 e. The van der Waals surface area contributed by atoms with Gasteiger partial charge in [0.05, 0.1) is 9.83 Å². The first-order valence-corrected chi connectivity index (χ1v) is 9.89. The van der Waals surface area contributed by atoms with Crippen LogP contribution in [0.1, 0.15) is 31.8 Å². The minimum atomic E-state index is 0.336. The van der Waals surface area contributed by atoms with Gasteiger partial charge in [-0.25, -0.2) is 0 Å². The van der Waals surface area contributed by atoms with Crippen LogP contribution in [0.4, 0.5) is 0 Å². The molecule has 3 heterocycles. The molecule has 1 atom stereocenters. The zero-order valence-corrected chi connectivity index (χ0v) is 15.0. The van der Waals surface area contributed by atoms with Gasteiger partial charge in [0.1, 0.15) is 0 Å². The van der Waals surface area contributed by atoms with Crippen LogP contribution in [-0.2, 0) is 12.2 Å². The van der Waals surface area contributed by atoms with Gasteiger partial charge in [0.2, 0.25) is 0 Å². The van der Waals surface area contributed by atoms with E-state index in [9.17, 15) is 0 Å². The van der Waals surface area contributed by atoms with Gasteiger partial charge >= 0.3 is 0 Å². The number of rotatable bonds is 3. The van der Waals surface area contributed by atoms with Crippen LogP contribution in [0.15, 0.2) is 15.9 Å². The van der Waals surface area contributed by atoms with Crippen molar-refractivity contribution in [3.05, 3.63) is 41.7 Å². The Labute approximate surface area is 134 Å². The number of hydrogen-bond donors (Lipinski definition) is 1. The van der Waals surface area contributed by atoms with E-state index in [1.165, 1.54) is 37.0 Å². The standard InChI is InChI=1S/C14H16BrNS3/c1-8-10(6-13(15)18-8)14(16-2)12-5-9-7-17-4-3-11(9)19-12/h5-6,14,16H,3-4,7H2,1-2H3. The van der Waals surface area contributed by atoms with Crippen LogP contribution in [0.2, 0.25) is 0 Å². The van der Waals surface area contributed by atoms with Gasteiger partial charge in [0.15, 0.2) is 0 Å². The van der Waals surface area contributed by atoms with E-state index in [1.54, 1.807) is 10.4 Å². The van der Waals surface area contributed by atoms with Gasteiger partial charge in [-0.05, 0) is 65.3 Å². The highest BCUT2D eigenvalue weighted by atomic mass is 79.9. The summed E-state index contributed by atoms with van der Waals surface area (Å²) in [6.45, 7) is 2.21. The molecule has 1 nitrogen and oxygen atoms in total. The molecule has 2 aromatic heterocycles. The Morgan fingerprint density at radius 2 is 2.16 bits per heavy atom. The van der Waals surface area contributed by atoms with Gasteiger partial charge in [-0.2, -0.15) is 11.8 Å². The predicted octanol–water partition coefficient (Wildman–Crippen LogP) is 4.98. The first-order chi connectivity index (χ1) is 9.19. The maximum atomic E-state index is 3.60. The van der Waals surface area contributed by atoms with Crippen LogP contribution in [0.3, 0.4) is 0 Å². The predicted molar refractivity (Wildman–Crippen MR) is 91.8 cm³/mol. The van der Waals surface area contributed by atoms with Crippen molar-refractivity contribution in [2.24, 2.45) is 0 Å². The lowest BCUT2D eigenvalue weighted by molar-refractivity contribution is 0.702. The van der Waals surface area contributed by atoms with Crippen LogP contribution >= 0.6 is 50.4 Å². The molecule has 0 amide bonds. The molecule has 0 spiro atoms. The van der Waals surface area contributed by atoms with E-state index in [-0.39, 0.29) is 0 Å². The molecule has 0 fully saturated rings. The lowest BCUT2D eigenvalue weighted by Crippen LogP contribution is -2.16. The number of thioether (sulfide) groups is 1. The molecular formula is C14H16BrNS3. The Bertz CT molecular complexity index is 564. The van der Waals surface area contributed by atoms with Gasteiger partial charge < -0.3 is 5.32 Å². The fourth-order valence-electron chi connectivity index (χ4n) is 2.51. The van der Waals surface area contributed by atoms with Crippen molar-refractivity contribution in [3.63, 3.8) is 0 Å². The number of thiophene rings is 2. The van der Waals surface area contributed by atoms with Crippen LogP contribution in [0.5, 0.6) is 0 Å². The molecule has 1 aliphatic rings. The van der Waals surface area contributed by atoms with Gasteiger partial charge in [-0.1, -0.05) is 0 Å². The molecule has 5 heteroatoms. The zero-order chi connectivity index (χ0) is 13.4. The lowest BCUT2D eigenvalue weighted by Gasteiger charge is -2.14. The second kappa shape index (κ2) is 5.90. The molecule has 1 unspecified atom stereocenters. The van der Waals surface area contributed by atoms with E-state index in [0.717, 1.165) is 0 Å². The summed E-state index contributed by atoms with van der Waals surface area (Å²) in [5.74, 6) is 2.47. The first-order valence-electron chi connectivity index (χ1n) is 6.31. The van der Waals surface area contributed by atoms with Crippen LogP contribution in [0, 0.1) is 6.92 Å². The summed E-state index contributed by atoms with van der Waals surface area (Å²) in [5, 5.41) is 3.49. The average molecular weight is 374 g/mol. The van der Waals surface area contributed by atoms with Crippen molar-refractivity contribution in [3.8, 4) is 0 Å². The second-order valence-electron chi connectivity index (χ2n) is 4.68. The van der Waals surface area contributed by atoms with Crippen molar-refractivity contribution in [1.29, 1.82) is 0 Å². The first kappa shape index (κ1) is 14.1. The van der Waals surface area contributed by atoms with Crippen molar-refractivity contribution < 1.29 is 0 Å². The monoisotopic (exact) mass is 373 g/mol. The van der Waals surface area contributed by atoms with Gasteiger partial charge in [-0.15, -0.1) is 22.7 Å². The number of nitrogens with one attached hydrogen (secondary N) is 1. The van der Waals surface area contributed by atoms with Crippen LogP contribution in [-0.4, -0.2) is 12.8 Å². The Morgan fingerprint density at radius 1 is 1.32 bits per heavy atom. The number of hydrogen-bond acceptors (Lipinski definition) is 4. The third-order valence-electron chi connectivity index (χ3n) is 3.46. The highest BCUT2D eigenvalue weighted by Crippen LogP contribution is 2.39. The van der Waals surface area contributed by atoms with Crippen molar-refractivity contribution in [2.75, 3.05) is 12.8 Å². The van der Waals surface area contributed by atoms with Crippen LogP contribution < -0.4 is 5.32 Å². The van der Waals surface area contributed by atoms with E-state index in [1.807, 2.05) is 22.7 Å². The summed E-state index contributed by atoms with van der Waals surface area (Å²) in [6.07, 6.45) is 1.24. The van der Waals surface area contributed by atoms with Crippen molar-refractivity contribution in [1.82, 2.24) is 5.32 Å². The van der Waals surface area contributed by atoms with E-state index >= 15 is 0 Å². The molecule has 2 aromatic rings. The molecule has 1 N–H and O–H groups in total. The largest absolute Gasteiger partial charge is 0.309 e. The fourth-order valence-corrected chi connectivity index (χ4v) is 6.76. The van der Waals surface area contributed by atoms with Gasteiger partial charge in [-0.3, -0.25) is 0 Å². The van der Waals surface area contributed by atoms with Crippen molar-refractivity contribution in [2.45, 2.75) is 25.1 Å². The fraction of sp³-hybridized carbons (Fsp3) is 0.429. The van der Waals surface area contributed by atoms with E-state index in [4.69, 9.17) is 0 Å². The third-order valence-corrected chi connectivity index (χ3v) is 7.34. The molecule has 102 valence electrons. The van der Waals surface area contributed by atoms with E-state index in [0.29, 0.717) is 6.04 Å².